The monoisotopic (exact) mass is 388 g/mol. The molecule has 9 heteroatoms. The highest BCUT2D eigenvalue weighted by Gasteiger charge is 2.23. The summed E-state index contributed by atoms with van der Waals surface area (Å²) in [7, 11) is 4.60. The van der Waals surface area contributed by atoms with Gasteiger partial charge < -0.3 is 19.3 Å². The summed E-state index contributed by atoms with van der Waals surface area (Å²) in [5, 5.41) is 9.77. The van der Waals surface area contributed by atoms with E-state index in [0.717, 1.165) is 0 Å². The molecule has 1 atom stereocenters. The number of aromatic nitrogens is 4. The minimum Gasteiger partial charge on any atom is -0.493 e. The fourth-order valence-electron chi connectivity index (χ4n) is 3.22. The molecule has 2 aromatic heterocycles. The van der Waals surface area contributed by atoms with Gasteiger partial charge in [0.15, 0.2) is 22.8 Å². The third kappa shape index (κ3) is 3.18. The van der Waals surface area contributed by atoms with Crippen molar-refractivity contribution in [3.8, 4) is 28.5 Å². The Hall–Kier alpha value is -3.07. The number of imidazole rings is 1. The third-order valence-corrected chi connectivity index (χ3v) is 4.69. The summed E-state index contributed by atoms with van der Waals surface area (Å²) in [6, 6.07) is 3.12. The number of aliphatic hydroxyl groups is 1. The normalized spacial score (nSPS) is 12.4. The zero-order chi connectivity index (χ0) is 20.4. The van der Waals surface area contributed by atoms with Crippen LogP contribution in [0, 0.1) is 5.92 Å². The lowest BCUT2D eigenvalue weighted by molar-refractivity contribution is 0.193. The van der Waals surface area contributed by atoms with Gasteiger partial charge in [-0.3, -0.25) is 9.55 Å². The molecule has 150 valence electrons. The Balaban J connectivity index is 2.25. The van der Waals surface area contributed by atoms with Crippen molar-refractivity contribution in [3.05, 3.63) is 28.8 Å². The van der Waals surface area contributed by atoms with Gasteiger partial charge in [-0.05, 0) is 18.1 Å². The van der Waals surface area contributed by atoms with Crippen LogP contribution in [0.25, 0.3) is 22.6 Å². The Morgan fingerprint density at radius 1 is 1.14 bits per heavy atom. The first-order valence-corrected chi connectivity index (χ1v) is 8.84. The third-order valence-electron chi connectivity index (χ3n) is 4.69. The van der Waals surface area contributed by atoms with Crippen molar-refractivity contribution in [2.24, 2.45) is 5.92 Å². The molecule has 0 saturated carbocycles. The van der Waals surface area contributed by atoms with Gasteiger partial charge in [-0.1, -0.05) is 13.8 Å². The van der Waals surface area contributed by atoms with E-state index in [4.69, 9.17) is 14.2 Å². The van der Waals surface area contributed by atoms with Crippen LogP contribution in [0.5, 0.6) is 17.2 Å². The molecule has 0 unspecified atom stereocenters. The quantitative estimate of drug-likeness (QED) is 0.637. The molecule has 0 radical (unpaired) electrons. The molecule has 3 rings (SSSR count). The molecule has 3 aromatic rings. The molecule has 0 amide bonds. The maximum absolute atomic E-state index is 12.5. The molecule has 2 N–H and O–H groups in total. The topological polar surface area (TPSA) is 111 Å². The SMILES string of the molecule is COc1ccc(-c2cnc3[nH]c(=O)n([C@H](CO)C(C)C)c3n2)c(OC)c1OC. The molecule has 0 saturated heterocycles. The largest absolute Gasteiger partial charge is 0.493 e. The van der Waals surface area contributed by atoms with E-state index >= 15 is 0 Å². The van der Waals surface area contributed by atoms with Crippen molar-refractivity contribution < 1.29 is 19.3 Å². The summed E-state index contributed by atoms with van der Waals surface area (Å²) in [6.07, 6.45) is 1.55. The number of fused-ring (bicyclic) bond motifs is 1. The maximum Gasteiger partial charge on any atom is 0.329 e. The van der Waals surface area contributed by atoms with Crippen LogP contribution in [-0.2, 0) is 0 Å². The number of rotatable bonds is 7. The molecule has 1 aromatic carbocycles. The van der Waals surface area contributed by atoms with Crippen molar-refractivity contribution in [1.29, 1.82) is 0 Å². The average molecular weight is 388 g/mol. The molecule has 0 spiro atoms. The summed E-state index contributed by atoms with van der Waals surface area (Å²) in [5.41, 5.74) is 1.50. The van der Waals surface area contributed by atoms with Crippen molar-refractivity contribution in [1.82, 2.24) is 19.5 Å². The number of nitrogens with zero attached hydrogens (tertiary/aromatic N) is 3. The second kappa shape index (κ2) is 7.89. The van der Waals surface area contributed by atoms with E-state index in [1.54, 1.807) is 25.4 Å². The highest BCUT2D eigenvalue weighted by atomic mass is 16.5. The molecule has 9 nitrogen and oxygen atoms in total. The van der Waals surface area contributed by atoms with Crippen LogP contribution in [0.1, 0.15) is 19.9 Å². The van der Waals surface area contributed by atoms with Crippen LogP contribution in [0.15, 0.2) is 23.1 Å². The summed E-state index contributed by atoms with van der Waals surface area (Å²) in [4.78, 5) is 24.1. The number of ether oxygens (including phenoxy) is 3. The maximum atomic E-state index is 12.5. The predicted octanol–water partition coefficient (Wildman–Crippen LogP) is 2.00. The van der Waals surface area contributed by atoms with Gasteiger partial charge in [0, 0.05) is 5.56 Å². The number of hydrogen-bond acceptors (Lipinski definition) is 7. The van der Waals surface area contributed by atoms with Gasteiger partial charge >= 0.3 is 5.69 Å². The molecule has 2 heterocycles. The van der Waals surface area contributed by atoms with E-state index in [-0.39, 0.29) is 18.2 Å². The van der Waals surface area contributed by atoms with Gasteiger partial charge in [0.2, 0.25) is 5.75 Å². The smallest absolute Gasteiger partial charge is 0.329 e. The first-order valence-electron chi connectivity index (χ1n) is 8.84. The number of H-pyrrole nitrogens is 1. The molecule has 0 fully saturated rings. The molecule has 0 aliphatic rings. The van der Waals surface area contributed by atoms with Crippen LogP contribution >= 0.6 is 0 Å². The minimum absolute atomic E-state index is 0.0303. The number of aliphatic hydroxyl groups excluding tert-OH is 1. The Bertz CT molecular complexity index is 1040. The Kier molecular flexibility index (Phi) is 5.55. The lowest BCUT2D eigenvalue weighted by Gasteiger charge is -2.19. The summed E-state index contributed by atoms with van der Waals surface area (Å²) >= 11 is 0. The first-order chi connectivity index (χ1) is 13.5. The first kappa shape index (κ1) is 19.7. The fraction of sp³-hybridized carbons (Fsp3) is 0.421. The van der Waals surface area contributed by atoms with Crippen LogP contribution in [0.2, 0.25) is 0 Å². The highest BCUT2D eigenvalue weighted by Crippen LogP contribution is 2.43. The van der Waals surface area contributed by atoms with Gasteiger partial charge in [0.25, 0.3) is 0 Å². The summed E-state index contributed by atoms with van der Waals surface area (Å²) in [5.74, 6) is 1.44. The Morgan fingerprint density at radius 3 is 2.43 bits per heavy atom. The summed E-state index contributed by atoms with van der Waals surface area (Å²) in [6.45, 7) is 3.68. The Labute approximate surface area is 161 Å². The van der Waals surface area contributed by atoms with E-state index in [1.165, 1.54) is 18.8 Å². The number of hydrogen-bond donors (Lipinski definition) is 2. The molecular weight excluding hydrogens is 364 g/mol. The van der Waals surface area contributed by atoms with Crippen molar-refractivity contribution >= 4 is 11.3 Å². The zero-order valence-corrected chi connectivity index (χ0v) is 16.5. The number of methoxy groups -OCH3 is 3. The molecular formula is C19H24N4O5. The van der Waals surface area contributed by atoms with E-state index in [9.17, 15) is 9.90 Å². The molecule has 28 heavy (non-hydrogen) atoms. The second-order valence-electron chi connectivity index (χ2n) is 6.60. The lowest BCUT2D eigenvalue weighted by Crippen LogP contribution is -2.28. The Morgan fingerprint density at radius 2 is 1.86 bits per heavy atom. The van der Waals surface area contributed by atoms with Crippen LogP contribution in [-0.4, -0.2) is 52.6 Å². The zero-order valence-electron chi connectivity index (χ0n) is 16.5. The molecule has 0 aliphatic heterocycles. The van der Waals surface area contributed by atoms with Crippen molar-refractivity contribution in [2.75, 3.05) is 27.9 Å². The van der Waals surface area contributed by atoms with Gasteiger partial charge in [-0.25, -0.2) is 14.8 Å². The van der Waals surface area contributed by atoms with Gasteiger partial charge in [0.1, 0.15) is 0 Å². The van der Waals surface area contributed by atoms with E-state index in [2.05, 4.69) is 15.0 Å². The fourth-order valence-corrected chi connectivity index (χ4v) is 3.22. The van der Waals surface area contributed by atoms with Crippen molar-refractivity contribution in [2.45, 2.75) is 19.9 Å². The summed E-state index contributed by atoms with van der Waals surface area (Å²) < 4.78 is 17.7. The van der Waals surface area contributed by atoms with Gasteiger partial charge in [-0.2, -0.15) is 0 Å². The van der Waals surface area contributed by atoms with Crippen LogP contribution in [0.3, 0.4) is 0 Å². The highest BCUT2D eigenvalue weighted by molar-refractivity contribution is 5.77. The van der Waals surface area contributed by atoms with Gasteiger partial charge in [0.05, 0.1) is 45.9 Å². The van der Waals surface area contributed by atoms with E-state index in [1.807, 2.05) is 13.8 Å². The molecule has 0 bridgehead atoms. The van der Waals surface area contributed by atoms with Gasteiger partial charge in [-0.15, -0.1) is 0 Å². The van der Waals surface area contributed by atoms with Crippen LogP contribution < -0.4 is 19.9 Å². The number of nitrogens with one attached hydrogen (secondary N) is 1. The number of benzene rings is 1. The predicted molar refractivity (Wildman–Crippen MR) is 104 cm³/mol. The van der Waals surface area contributed by atoms with Crippen LogP contribution in [0.4, 0.5) is 0 Å². The minimum atomic E-state index is -0.418. The van der Waals surface area contributed by atoms with E-state index in [0.29, 0.717) is 39.8 Å². The molecule has 0 aliphatic carbocycles. The average Bonchev–Trinajstić information content (AvgIpc) is 3.02. The van der Waals surface area contributed by atoms with Crippen molar-refractivity contribution in [3.63, 3.8) is 0 Å². The van der Waals surface area contributed by atoms with E-state index < -0.39 is 6.04 Å². The standard InChI is InChI=1S/C19H24N4O5/c1-10(2)13(9-24)23-18-17(22-19(23)25)20-8-12(21-18)11-6-7-14(26-3)16(28-5)15(11)27-4/h6-8,10,13,24H,9H2,1-5H3,(H,20,22,25)/t13-/m1/s1. The number of aromatic amines is 1. The second-order valence-corrected chi connectivity index (χ2v) is 6.60. The lowest BCUT2D eigenvalue weighted by atomic mass is 10.1.